The van der Waals surface area contributed by atoms with E-state index in [4.69, 9.17) is 4.74 Å². The average molecular weight is 1910 g/mol. The Balaban J connectivity index is 0.000000171. The van der Waals surface area contributed by atoms with Gasteiger partial charge in [0.15, 0.2) is 0 Å². The fourth-order valence-electron chi connectivity index (χ4n) is 21.2. The molecule has 144 heavy (non-hydrogen) atoms. The molecule has 0 bridgehead atoms. The highest BCUT2D eigenvalue weighted by molar-refractivity contribution is 6.12. The van der Waals surface area contributed by atoms with Crippen molar-refractivity contribution >= 4 is 77.7 Å². The van der Waals surface area contributed by atoms with Gasteiger partial charge in [0.1, 0.15) is 11.5 Å². The van der Waals surface area contributed by atoms with Gasteiger partial charge in [-0.1, -0.05) is 310 Å². The Morgan fingerprint density at radius 3 is 1.04 bits per heavy atom. The van der Waals surface area contributed by atoms with Crippen molar-refractivity contribution in [2.45, 2.75) is 134 Å². The topological polar surface area (TPSA) is 34.8 Å². The van der Waals surface area contributed by atoms with E-state index in [9.17, 15) is 0 Å². The molecule has 2 aromatic heterocycles. The minimum absolute atomic E-state index is 0.00447. The molecule has 2 unspecified atom stereocenters. The van der Waals surface area contributed by atoms with Crippen LogP contribution in [0, 0.1) is 0 Å². The fourth-order valence-corrected chi connectivity index (χ4v) is 21.2. The monoisotopic (exact) mass is 1910 g/mol. The van der Waals surface area contributed by atoms with Crippen LogP contribution in [0.2, 0.25) is 0 Å². The lowest BCUT2D eigenvalue weighted by Gasteiger charge is -2.36. The molecule has 0 saturated heterocycles. The summed E-state index contributed by atoms with van der Waals surface area (Å²) >= 11 is 0. The van der Waals surface area contributed by atoms with Gasteiger partial charge in [0.05, 0.1) is 28.7 Å². The largest absolute Gasteiger partial charge is 0.494 e. The van der Waals surface area contributed by atoms with Gasteiger partial charge < -0.3 is 28.4 Å². The molecule has 2 atom stereocenters. The van der Waals surface area contributed by atoms with E-state index in [-0.39, 0.29) is 27.7 Å². The molecule has 18 aromatic carbocycles. The zero-order valence-electron chi connectivity index (χ0n) is 81.4. The van der Waals surface area contributed by atoms with Crippen molar-refractivity contribution in [1.82, 2.24) is 9.13 Å². The summed E-state index contributed by atoms with van der Waals surface area (Å²) in [5, 5.41) is 2.87. The van der Waals surface area contributed by atoms with Crippen LogP contribution in [-0.2, 0) is 23.2 Å². The second kappa shape index (κ2) is 38.2. The Morgan fingerprint density at radius 1 is 0.292 bits per heavy atom. The first-order valence-electron chi connectivity index (χ1n) is 49.6. The molecule has 0 spiro atoms. The van der Waals surface area contributed by atoms with Gasteiger partial charge in [-0.3, -0.25) is 0 Å². The lowest BCUT2D eigenvalue weighted by Crippen LogP contribution is -2.62. The minimum atomic E-state index is -6.69. The Kier molecular flexibility index (Phi) is 25.1. The second-order valence-electron chi connectivity index (χ2n) is 39.2. The van der Waals surface area contributed by atoms with Crippen LogP contribution < -0.4 is 19.3 Å². The number of unbranched alkanes of at least 4 members (excludes halogenated alkanes) is 1. The number of halogens is 8. The highest BCUT2D eigenvalue weighted by atomic mass is 19.4. The van der Waals surface area contributed by atoms with Gasteiger partial charge in [0, 0.05) is 83.4 Å². The Hall–Kier alpha value is -15.8. The van der Waals surface area contributed by atoms with Crippen molar-refractivity contribution in [3.05, 3.63) is 469 Å². The first kappa shape index (κ1) is 94.4. The lowest BCUT2D eigenvalue weighted by molar-refractivity contribution is -0.411. The quantitative estimate of drug-likeness (QED) is 0.0362. The average Bonchev–Trinajstić information content (AvgIpc) is 1.43. The molecule has 0 N–H and O–H groups in total. The molecular formula is C130H108F8N4O2. The van der Waals surface area contributed by atoms with Crippen molar-refractivity contribution in [3.8, 4) is 89.6 Å². The summed E-state index contributed by atoms with van der Waals surface area (Å²) in [5.41, 5.74) is 31.0. The van der Waals surface area contributed by atoms with Gasteiger partial charge in [-0.2, -0.15) is 35.1 Å². The zero-order valence-corrected chi connectivity index (χ0v) is 81.4. The number of alkyl halides is 8. The van der Waals surface area contributed by atoms with Crippen molar-refractivity contribution in [3.63, 3.8) is 0 Å². The normalized spacial score (nSPS) is 13.5. The summed E-state index contributed by atoms with van der Waals surface area (Å²) in [6, 6.07) is 140. The maximum Gasteiger partial charge on any atom is 0.471 e. The summed E-state index contributed by atoms with van der Waals surface area (Å²) in [5.74, 6) is -18.5. The summed E-state index contributed by atoms with van der Waals surface area (Å²) in [4.78, 5) is 4.59. The molecule has 0 amide bonds. The predicted octanol–water partition coefficient (Wildman–Crippen LogP) is 37.3. The Bertz CT molecular complexity index is 8090. The number of fused-ring (bicyclic) bond motifs is 12. The number of nitrogens with zero attached hydrogens (tertiary/aromatic N) is 4. The van der Waals surface area contributed by atoms with Gasteiger partial charge in [-0.25, -0.2) is 0 Å². The highest BCUT2D eigenvalue weighted by Gasteiger charge is 2.83. The van der Waals surface area contributed by atoms with Crippen LogP contribution in [0.5, 0.6) is 11.5 Å². The third-order valence-electron chi connectivity index (χ3n) is 29.7. The molecule has 0 fully saturated rings. The highest BCUT2D eigenvalue weighted by Crippen LogP contribution is 2.59. The molecule has 2 aliphatic rings. The molecule has 20 aromatic rings. The third-order valence-corrected chi connectivity index (χ3v) is 29.7. The first-order chi connectivity index (χ1) is 69.7. The standard InChI is InChI=1S/C65H50F8N2O.C65H58N2O/c1-5-41(2)42-24-33-52(34-25-42)76-65(72,73)64(70,71)63(68,69)62(66,67)47-27-37-60-56(39-47)55-38-46(26-36-59(55)75(60)48-16-10-7-11-17-48)45-22-30-50(31-23-45)74(49-28-20-44(21-29-49)43-14-8-6-9-15-43)51-32-35-54-53-18-12-13-19-57(53)61(3,4)58(54)40-51;1-5-45(2)47-28-36-56(37-29-47)68-41-15-14-16-46-23-39-63-59(42-46)60-43-51(30-40-64(60)67(63)52-19-10-7-11-20-52)50-26-33-54(34-27-50)66(53-31-24-49(25-32-53)48-17-8-6-9-18-48)55-35-38-58-57-21-12-13-22-61(57)65(3,4)62(58)44-55/h6-41H,5H2,1-4H3;6-13,17-40,42-45H,5,14-16,41H2,1-4H3. The number of rotatable bonds is 28. The van der Waals surface area contributed by atoms with Crippen LogP contribution in [0.1, 0.15) is 137 Å². The van der Waals surface area contributed by atoms with E-state index in [2.05, 4.69) is 352 Å². The van der Waals surface area contributed by atoms with E-state index >= 15 is 35.1 Å². The maximum atomic E-state index is 16.3. The van der Waals surface area contributed by atoms with Crippen LogP contribution in [-0.4, -0.2) is 33.7 Å². The van der Waals surface area contributed by atoms with Gasteiger partial charge >= 0.3 is 23.9 Å². The van der Waals surface area contributed by atoms with E-state index in [1.807, 2.05) is 62.4 Å². The summed E-state index contributed by atoms with van der Waals surface area (Å²) in [6.45, 7) is 18.1. The summed E-state index contributed by atoms with van der Waals surface area (Å²) in [6.07, 6.45) is -1.16. The molecule has 0 radical (unpaired) electrons. The summed E-state index contributed by atoms with van der Waals surface area (Å²) < 4.78 is 140. The summed E-state index contributed by atoms with van der Waals surface area (Å²) in [7, 11) is 0. The van der Waals surface area contributed by atoms with Crippen LogP contribution in [0.15, 0.2) is 425 Å². The maximum absolute atomic E-state index is 16.3. The zero-order chi connectivity index (χ0) is 99.6. The fraction of sp³-hybridized carbons (Fsp3) is 0.169. The second-order valence-corrected chi connectivity index (χ2v) is 39.2. The molecular weight excluding hydrogens is 1800 g/mol. The van der Waals surface area contributed by atoms with Crippen LogP contribution in [0.25, 0.3) is 122 Å². The van der Waals surface area contributed by atoms with Gasteiger partial charge in [-0.05, 0) is 320 Å². The molecule has 0 aliphatic heterocycles. The van der Waals surface area contributed by atoms with Crippen LogP contribution in [0.3, 0.4) is 0 Å². The SMILES string of the molecule is CCC(C)c1ccc(OC(F)(F)C(F)(F)C(F)(F)C(F)(F)c2ccc3c(c2)c2cc(-c4ccc(N(c5ccc(-c6ccccc6)cc5)c5ccc6c(c5)C(C)(C)c5ccccc5-6)cc4)ccc2n3-c2ccccc2)cc1.CCC(C)c1ccc(OCCCCc2ccc3c(c2)c2cc(-c4ccc(N(c5ccc(-c6ccccc6)cc5)c5ccc6c(c5)C(C)(C)c5ccccc5-6)cc4)ccc2n3-c2ccccc2)cc1. The number of hydrogen-bond acceptors (Lipinski definition) is 4. The Labute approximate surface area is 835 Å². The van der Waals surface area contributed by atoms with Gasteiger partial charge in [0.25, 0.3) is 0 Å². The minimum Gasteiger partial charge on any atom is -0.494 e. The molecule has 6 nitrogen and oxygen atoms in total. The van der Waals surface area contributed by atoms with E-state index < -0.39 is 35.2 Å². The van der Waals surface area contributed by atoms with Crippen molar-refractivity contribution < 1.29 is 44.6 Å². The number of ether oxygens (including phenoxy) is 2. The number of para-hydroxylation sites is 2. The first-order valence-corrected chi connectivity index (χ1v) is 49.6. The van der Waals surface area contributed by atoms with E-state index in [1.54, 1.807) is 47.0 Å². The molecule has 2 heterocycles. The number of aromatic nitrogens is 2. The number of benzene rings is 18. The van der Waals surface area contributed by atoms with Crippen molar-refractivity contribution in [2.75, 3.05) is 16.4 Å². The van der Waals surface area contributed by atoms with Gasteiger partial charge in [-0.15, -0.1) is 0 Å². The molecule has 716 valence electrons. The molecule has 2 aliphatic carbocycles. The molecule has 22 rings (SSSR count). The smallest absolute Gasteiger partial charge is 0.471 e. The lowest BCUT2D eigenvalue weighted by atomic mass is 9.82. The van der Waals surface area contributed by atoms with E-state index in [0.29, 0.717) is 52.2 Å². The number of hydrogen-bond donors (Lipinski definition) is 0. The van der Waals surface area contributed by atoms with Crippen LogP contribution in [0.4, 0.5) is 69.2 Å². The number of aryl methyl sites for hydroxylation is 1. The van der Waals surface area contributed by atoms with Gasteiger partial charge in [0.2, 0.25) is 0 Å². The molecule has 0 saturated carbocycles. The van der Waals surface area contributed by atoms with E-state index in [1.165, 1.54) is 118 Å². The van der Waals surface area contributed by atoms with Crippen molar-refractivity contribution in [2.24, 2.45) is 0 Å². The Morgan fingerprint density at radius 2 is 0.625 bits per heavy atom. The predicted molar refractivity (Wildman–Crippen MR) is 576 cm³/mol. The number of anilines is 6. The molecule has 14 heteroatoms. The van der Waals surface area contributed by atoms with Crippen molar-refractivity contribution in [1.29, 1.82) is 0 Å². The van der Waals surface area contributed by atoms with E-state index in [0.717, 1.165) is 107 Å². The third kappa shape index (κ3) is 17.3. The van der Waals surface area contributed by atoms with Crippen LogP contribution >= 0.6 is 0 Å².